The molecule has 0 aliphatic carbocycles. The molecule has 0 spiro atoms. The maximum atomic E-state index is 13.6. The van der Waals surface area contributed by atoms with Crippen molar-refractivity contribution in [3.63, 3.8) is 0 Å². The second kappa shape index (κ2) is 6.08. The molecule has 0 saturated heterocycles. The van der Waals surface area contributed by atoms with Gasteiger partial charge in [-0.1, -0.05) is 12.2 Å². The third-order valence-corrected chi connectivity index (χ3v) is 3.65. The fraction of sp³-hybridized carbons (Fsp3) is 0.231. The van der Waals surface area contributed by atoms with Crippen molar-refractivity contribution in [2.45, 2.75) is 13.3 Å². The van der Waals surface area contributed by atoms with E-state index < -0.39 is 5.82 Å². The average Bonchev–Trinajstić information content (AvgIpc) is 2.75. The van der Waals surface area contributed by atoms with Crippen molar-refractivity contribution in [1.29, 1.82) is 0 Å². The number of aryl methyl sites for hydroxylation is 1. The van der Waals surface area contributed by atoms with Crippen molar-refractivity contribution in [1.82, 2.24) is 4.98 Å². The number of nitrogens with two attached hydrogens (primary N) is 1. The van der Waals surface area contributed by atoms with Crippen LogP contribution in [0.3, 0.4) is 0 Å². The first-order valence-electron chi connectivity index (χ1n) is 5.80. The van der Waals surface area contributed by atoms with E-state index in [-0.39, 0.29) is 10.6 Å². The third-order valence-electron chi connectivity index (χ3n) is 2.61. The Kier molecular flexibility index (Phi) is 4.44. The lowest BCUT2D eigenvalue weighted by Gasteiger charge is -2.07. The second-order valence-electron chi connectivity index (χ2n) is 4.09. The number of hydrogen-bond acceptors (Lipinski definition) is 4. The van der Waals surface area contributed by atoms with Crippen LogP contribution in [0.1, 0.15) is 16.3 Å². The van der Waals surface area contributed by atoms with Crippen LogP contribution < -0.4 is 11.1 Å². The van der Waals surface area contributed by atoms with E-state index >= 15 is 0 Å². The maximum absolute atomic E-state index is 13.6. The Balaban J connectivity index is 1.93. The number of anilines is 1. The monoisotopic (exact) mass is 295 g/mol. The number of rotatable bonds is 5. The molecule has 0 amide bonds. The van der Waals surface area contributed by atoms with Crippen LogP contribution in [0.15, 0.2) is 23.6 Å². The normalized spacial score (nSPS) is 10.4. The highest BCUT2D eigenvalue weighted by molar-refractivity contribution is 7.80. The number of thiocarbonyl (C=S) groups is 1. The lowest BCUT2D eigenvalue weighted by atomic mass is 10.2. The minimum Gasteiger partial charge on any atom is -0.389 e. The Hall–Kier alpha value is -1.53. The first kappa shape index (κ1) is 13.9. The molecular formula is C13H14FN3S2. The molecule has 0 fully saturated rings. The lowest BCUT2D eigenvalue weighted by molar-refractivity contribution is 0.626. The van der Waals surface area contributed by atoms with Crippen molar-refractivity contribution >= 4 is 34.2 Å². The summed E-state index contributed by atoms with van der Waals surface area (Å²) in [6, 6.07) is 4.76. The molecule has 0 radical (unpaired) electrons. The molecular weight excluding hydrogens is 281 g/mol. The van der Waals surface area contributed by atoms with Crippen LogP contribution >= 0.6 is 23.6 Å². The van der Waals surface area contributed by atoms with E-state index in [9.17, 15) is 4.39 Å². The first-order chi connectivity index (χ1) is 9.06. The predicted octanol–water partition coefficient (Wildman–Crippen LogP) is 2.88. The number of aromatic nitrogens is 1. The smallest absolute Gasteiger partial charge is 0.135 e. The van der Waals surface area contributed by atoms with Crippen molar-refractivity contribution in [2.75, 3.05) is 11.9 Å². The summed E-state index contributed by atoms with van der Waals surface area (Å²) in [4.78, 5) is 4.44. The molecule has 2 aromatic rings. The summed E-state index contributed by atoms with van der Waals surface area (Å²) in [5.41, 5.74) is 7.44. The largest absolute Gasteiger partial charge is 0.389 e. The molecule has 6 heteroatoms. The Morgan fingerprint density at radius 2 is 2.32 bits per heavy atom. The van der Waals surface area contributed by atoms with Gasteiger partial charge in [0.15, 0.2) is 0 Å². The predicted molar refractivity (Wildman–Crippen MR) is 81.3 cm³/mol. The first-order valence-corrected chi connectivity index (χ1v) is 7.09. The molecule has 0 atom stereocenters. The van der Waals surface area contributed by atoms with Crippen LogP contribution in [0.2, 0.25) is 0 Å². The van der Waals surface area contributed by atoms with Gasteiger partial charge in [-0.2, -0.15) is 0 Å². The second-order valence-corrected chi connectivity index (χ2v) is 5.60. The average molecular weight is 295 g/mol. The van der Waals surface area contributed by atoms with Crippen molar-refractivity contribution < 1.29 is 4.39 Å². The van der Waals surface area contributed by atoms with Gasteiger partial charge in [-0.05, 0) is 25.1 Å². The standard InChI is InChI=1S/C13H14FN3S2/c1-8-17-10(7-19-8)4-5-16-9-2-3-11(13(15)18)12(14)6-9/h2-3,6-7,16H,4-5H2,1H3,(H2,15,18). The summed E-state index contributed by atoms with van der Waals surface area (Å²) in [5, 5.41) is 6.24. The fourth-order valence-corrected chi connectivity index (χ4v) is 2.50. The molecule has 3 nitrogen and oxygen atoms in total. The molecule has 1 aromatic heterocycles. The van der Waals surface area contributed by atoms with Crippen LogP contribution in [-0.2, 0) is 6.42 Å². The van der Waals surface area contributed by atoms with Gasteiger partial charge in [-0.25, -0.2) is 9.37 Å². The molecule has 0 unspecified atom stereocenters. The van der Waals surface area contributed by atoms with Crippen molar-refractivity contribution in [3.8, 4) is 0 Å². The van der Waals surface area contributed by atoms with E-state index in [0.29, 0.717) is 12.2 Å². The highest BCUT2D eigenvalue weighted by Gasteiger charge is 2.05. The number of halogens is 1. The molecule has 19 heavy (non-hydrogen) atoms. The summed E-state index contributed by atoms with van der Waals surface area (Å²) in [5.74, 6) is -0.401. The van der Waals surface area contributed by atoms with Gasteiger partial charge in [-0.3, -0.25) is 0 Å². The Morgan fingerprint density at radius 3 is 2.89 bits per heavy atom. The molecule has 3 N–H and O–H groups in total. The molecule has 1 heterocycles. The highest BCUT2D eigenvalue weighted by atomic mass is 32.1. The summed E-state index contributed by atoms with van der Waals surface area (Å²) in [6.07, 6.45) is 0.809. The van der Waals surface area contributed by atoms with Crippen LogP contribution in [0.5, 0.6) is 0 Å². The van der Waals surface area contributed by atoms with Crippen LogP contribution in [0.25, 0.3) is 0 Å². The zero-order valence-electron chi connectivity index (χ0n) is 10.4. The fourth-order valence-electron chi connectivity index (χ4n) is 1.68. The van der Waals surface area contributed by atoms with Crippen molar-refractivity contribution in [2.24, 2.45) is 5.73 Å². The van der Waals surface area contributed by atoms with E-state index in [0.717, 1.165) is 17.1 Å². The summed E-state index contributed by atoms with van der Waals surface area (Å²) in [6.45, 7) is 2.68. The highest BCUT2D eigenvalue weighted by Crippen LogP contribution is 2.15. The van der Waals surface area contributed by atoms with E-state index in [1.807, 2.05) is 12.3 Å². The summed E-state index contributed by atoms with van der Waals surface area (Å²) >= 11 is 6.39. The van der Waals surface area contributed by atoms with E-state index in [1.54, 1.807) is 23.5 Å². The molecule has 0 aliphatic rings. The minimum atomic E-state index is -0.401. The van der Waals surface area contributed by atoms with Crippen molar-refractivity contribution in [3.05, 3.63) is 45.7 Å². The SMILES string of the molecule is Cc1nc(CCNc2ccc(C(N)=S)c(F)c2)cs1. The third kappa shape index (κ3) is 3.71. The zero-order chi connectivity index (χ0) is 13.8. The number of benzene rings is 1. The van der Waals surface area contributed by atoms with Gasteiger partial charge in [0.05, 0.1) is 10.7 Å². The molecule has 0 aliphatic heterocycles. The quantitative estimate of drug-likeness (QED) is 0.833. The van der Waals surface area contributed by atoms with E-state index in [1.165, 1.54) is 6.07 Å². The Morgan fingerprint density at radius 1 is 1.53 bits per heavy atom. The van der Waals surface area contributed by atoms with Gasteiger partial charge >= 0.3 is 0 Å². The van der Waals surface area contributed by atoms with Gasteiger partial charge < -0.3 is 11.1 Å². The van der Waals surface area contributed by atoms with E-state index in [2.05, 4.69) is 10.3 Å². The number of thiazole rings is 1. The Bertz CT molecular complexity index is 595. The molecule has 100 valence electrons. The topological polar surface area (TPSA) is 50.9 Å². The zero-order valence-corrected chi connectivity index (χ0v) is 12.1. The summed E-state index contributed by atoms with van der Waals surface area (Å²) < 4.78 is 13.6. The number of nitrogens with one attached hydrogen (secondary N) is 1. The summed E-state index contributed by atoms with van der Waals surface area (Å²) in [7, 11) is 0. The van der Waals surface area contributed by atoms with Crippen LogP contribution in [-0.4, -0.2) is 16.5 Å². The number of nitrogens with zero attached hydrogens (tertiary/aromatic N) is 1. The van der Waals surface area contributed by atoms with Gasteiger partial charge in [-0.15, -0.1) is 11.3 Å². The minimum absolute atomic E-state index is 0.0713. The number of hydrogen-bond donors (Lipinski definition) is 2. The maximum Gasteiger partial charge on any atom is 0.135 e. The molecule has 0 saturated carbocycles. The molecule has 2 rings (SSSR count). The van der Waals surface area contributed by atoms with Gasteiger partial charge in [0, 0.05) is 29.6 Å². The van der Waals surface area contributed by atoms with Gasteiger partial charge in [0.1, 0.15) is 10.8 Å². The molecule has 0 bridgehead atoms. The lowest BCUT2D eigenvalue weighted by Crippen LogP contribution is -2.12. The van der Waals surface area contributed by atoms with Gasteiger partial charge in [0.25, 0.3) is 0 Å². The van der Waals surface area contributed by atoms with E-state index in [4.69, 9.17) is 18.0 Å². The molecule has 1 aromatic carbocycles. The van der Waals surface area contributed by atoms with Crippen LogP contribution in [0, 0.1) is 12.7 Å². The Labute approximate surface area is 120 Å². The van der Waals surface area contributed by atoms with Crippen LogP contribution in [0.4, 0.5) is 10.1 Å². The van der Waals surface area contributed by atoms with Gasteiger partial charge in [0.2, 0.25) is 0 Å².